The predicted molar refractivity (Wildman–Crippen MR) is 60.9 cm³/mol. The van der Waals surface area contributed by atoms with Crippen LogP contribution in [-0.4, -0.2) is 11.1 Å². The standard InChI is InChI=1S/C13H9N3O2/c1-13(12(17)18,11(7-15)8-16)10-4-2-3-9(5-10)6-14/h2-5,11H,1H3,(H,17,18). The second-order valence-electron chi connectivity index (χ2n) is 3.89. The zero-order valence-electron chi connectivity index (χ0n) is 9.58. The zero-order chi connectivity index (χ0) is 13.8. The topological polar surface area (TPSA) is 109 Å². The highest BCUT2D eigenvalue weighted by Crippen LogP contribution is 2.32. The van der Waals surface area contributed by atoms with Crippen molar-refractivity contribution in [2.45, 2.75) is 12.3 Å². The van der Waals surface area contributed by atoms with Crippen LogP contribution in [0.1, 0.15) is 18.1 Å². The highest BCUT2D eigenvalue weighted by molar-refractivity contribution is 5.82. The maximum Gasteiger partial charge on any atom is 0.316 e. The molecule has 88 valence electrons. The lowest BCUT2D eigenvalue weighted by atomic mass is 9.72. The third-order valence-electron chi connectivity index (χ3n) is 2.87. The van der Waals surface area contributed by atoms with E-state index in [-0.39, 0.29) is 11.1 Å². The summed E-state index contributed by atoms with van der Waals surface area (Å²) >= 11 is 0. The maximum atomic E-state index is 11.4. The number of carboxylic acid groups (broad SMARTS) is 1. The first-order valence-electron chi connectivity index (χ1n) is 5.04. The van der Waals surface area contributed by atoms with Gasteiger partial charge in [0.2, 0.25) is 0 Å². The van der Waals surface area contributed by atoms with Gasteiger partial charge in [-0.15, -0.1) is 0 Å². The van der Waals surface area contributed by atoms with Gasteiger partial charge < -0.3 is 5.11 Å². The molecule has 0 radical (unpaired) electrons. The number of nitrogens with zero attached hydrogens (tertiary/aromatic N) is 3. The molecule has 1 N–H and O–H groups in total. The Hall–Kier alpha value is -2.84. The Labute approximate surface area is 104 Å². The fraction of sp³-hybridized carbons (Fsp3) is 0.231. The van der Waals surface area contributed by atoms with E-state index in [2.05, 4.69) is 0 Å². The molecule has 1 rings (SSSR count). The number of aliphatic carboxylic acids is 1. The first-order valence-corrected chi connectivity index (χ1v) is 5.04. The van der Waals surface area contributed by atoms with Crippen LogP contribution in [0, 0.1) is 39.9 Å². The van der Waals surface area contributed by atoms with Gasteiger partial charge in [-0.25, -0.2) is 0 Å². The Morgan fingerprint density at radius 2 is 1.94 bits per heavy atom. The molecule has 0 bridgehead atoms. The number of nitriles is 3. The van der Waals surface area contributed by atoms with Crippen LogP contribution in [0.2, 0.25) is 0 Å². The van der Waals surface area contributed by atoms with Gasteiger partial charge in [-0.1, -0.05) is 12.1 Å². The van der Waals surface area contributed by atoms with Gasteiger partial charge in [-0.2, -0.15) is 15.8 Å². The fourth-order valence-electron chi connectivity index (χ4n) is 1.61. The van der Waals surface area contributed by atoms with Crippen LogP contribution in [0.25, 0.3) is 0 Å². The quantitative estimate of drug-likeness (QED) is 0.860. The van der Waals surface area contributed by atoms with E-state index < -0.39 is 17.3 Å². The molecule has 5 heteroatoms. The maximum absolute atomic E-state index is 11.4. The molecule has 0 aliphatic carbocycles. The third-order valence-corrected chi connectivity index (χ3v) is 2.87. The molecule has 0 aliphatic rings. The van der Waals surface area contributed by atoms with Crippen LogP contribution in [0.5, 0.6) is 0 Å². The summed E-state index contributed by atoms with van der Waals surface area (Å²) in [5.41, 5.74) is -1.10. The Balaban J connectivity index is 3.48. The Bertz CT molecular complexity index is 590. The van der Waals surface area contributed by atoms with Crippen LogP contribution in [0.15, 0.2) is 24.3 Å². The van der Waals surface area contributed by atoms with E-state index in [9.17, 15) is 9.90 Å². The average molecular weight is 239 g/mol. The molecule has 0 heterocycles. The predicted octanol–water partition coefficient (Wildman–Crippen LogP) is 1.56. The summed E-state index contributed by atoms with van der Waals surface area (Å²) in [4.78, 5) is 11.4. The molecule has 1 unspecified atom stereocenters. The first-order chi connectivity index (χ1) is 8.50. The van der Waals surface area contributed by atoms with Gasteiger partial charge in [0.05, 0.1) is 23.8 Å². The third kappa shape index (κ3) is 2.00. The van der Waals surface area contributed by atoms with E-state index in [0.717, 1.165) is 0 Å². The summed E-state index contributed by atoms with van der Waals surface area (Å²) in [7, 11) is 0. The van der Waals surface area contributed by atoms with Crippen molar-refractivity contribution in [2.75, 3.05) is 0 Å². The average Bonchev–Trinajstić information content (AvgIpc) is 2.39. The van der Waals surface area contributed by atoms with Crippen LogP contribution < -0.4 is 0 Å². The molecular weight excluding hydrogens is 230 g/mol. The monoisotopic (exact) mass is 239 g/mol. The molecule has 1 atom stereocenters. The highest BCUT2D eigenvalue weighted by atomic mass is 16.4. The summed E-state index contributed by atoms with van der Waals surface area (Å²) in [6.07, 6.45) is 0. The van der Waals surface area contributed by atoms with Gasteiger partial charge in [0.1, 0.15) is 5.41 Å². The molecule has 0 amide bonds. The lowest BCUT2D eigenvalue weighted by Crippen LogP contribution is -2.39. The molecule has 1 aromatic carbocycles. The van der Waals surface area contributed by atoms with E-state index in [1.165, 1.54) is 31.2 Å². The summed E-state index contributed by atoms with van der Waals surface area (Å²) < 4.78 is 0. The number of hydrogen-bond acceptors (Lipinski definition) is 4. The van der Waals surface area contributed by atoms with E-state index in [1.54, 1.807) is 12.1 Å². The van der Waals surface area contributed by atoms with Gasteiger partial charge in [0.15, 0.2) is 5.92 Å². The normalized spacial score (nSPS) is 12.8. The number of carboxylic acids is 1. The van der Waals surface area contributed by atoms with Gasteiger partial charge in [0.25, 0.3) is 0 Å². The summed E-state index contributed by atoms with van der Waals surface area (Å²) in [5, 5.41) is 35.9. The first kappa shape index (κ1) is 13.2. The van der Waals surface area contributed by atoms with E-state index in [0.29, 0.717) is 0 Å². The van der Waals surface area contributed by atoms with Crippen molar-refractivity contribution < 1.29 is 9.90 Å². The minimum Gasteiger partial charge on any atom is -0.481 e. The fourth-order valence-corrected chi connectivity index (χ4v) is 1.61. The van der Waals surface area contributed by atoms with Gasteiger partial charge in [-0.05, 0) is 24.6 Å². The second-order valence-corrected chi connectivity index (χ2v) is 3.89. The number of hydrogen-bond donors (Lipinski definition) is 1. The second kappa shape index (κ2) is 4.99. The summed E-state index contributed by atoms with van der Waals surface area (Å²) in [6.45, 7) is 1.31. The van der Waals surface area contributed by atoms with Gasteiger partial charge >= 0.3 is 5.97 Å². The Morgan fingerprint density at radius 3 is 2.39 bits per heavy atom. The molecule has 0 aromatic heterocycles. The van der Waals surface area contributed by atoms with E-state index in [4.69, 9.17) is 15.8 Å². The minimum absolute atomic E-state index is 0.266. The Morgan fingerprint density at radius 1 is 1.33 bits per heavy atom. The molecule has 0 saturated carbocycles. The van der Waals surface area contributed by atoms with E-state index in [1.807, 2.05) is 6.07 Å². The largest absolute Gasteiger partial charge is 0.481 e. The van der Waals surface area contributed by atoms with Crippen LogP contribution in [0.3, 0.4) is 0 Å². The molecule has 1 aromatic rings. The Kier molecular flexibility index (Phi) is 3.67. The van der Waals surface area contributed by atoms with Gasteiger partial charge in [0, 0.05) is 0 Å². The molecule has 18 heavy (non-hydrogen) atoms. The van der Waals surface area contributed by atoms with Gasteiger partial charge in [-0.3, -0.25) is 4.79 Å². The van der Waals surface area contributed by atoms with Crippen molar-refractivity contribution in [3.8, 4) is 18.2 Å². The summed E-state index contributed by atoms with van der Waals surface area (Å²) in [5.74, 6) is -2.60. The zero-order valence-corrected chi connectivity index (χ0v) is 9.58. The van der Waals surface area contributed by atoms with Crippen molar-refractivity contribution in [3.05, 3.63) is 35.4 Å². The van der Waals surface area contributed by atoms with Crippen LogP contribution in [-0.2, 0) is 10.2 Å². The van der Waals surface area contributed by atoms with Crippen molar-refractivity contribution in [1.29, 1.82) is 15.8 Å². The summed E-state index contributed by atoms with van der Waals surface area (Å²) in [6, 6.07) is 11.2. The molecule has 0 spiro atoms. The SMILES string of the molecule is CC(C(=O)O)(c1cccc(C#N)c1)C(C#N)C#N. The van der Waals surface area contributed by atoms with Crippen molar-refractivity contribution in [3.63, 3.8) is 0 Å². The minimum atomic E-state index is -1.66. The number of rotatable bonds is 3. The van der Waals surface area contributed by atoms with Crippen LogP contribution in [0.4, 0.5) is 0 Å². The number of benzene rings is 1. The molecule has 0 saturated heterocycles. The van der Waals surface area contributed by atoms with Crippen molar-refractivity contribution >= 4 is 5.97 Å². The molecular formula is C13H9N3O2. The molecule has 0 fully saturated rings. The highest BCUT2D eigenvalue weighted by Gasteiger charge is 2.44. The lowest BCUT2D eigenvalue weighted by molar-refractivity contribution is -0.144. The van der Waals surface area contributed by atoms with Crippen molar-refractivity contribution in [2.24, 2.45) is 5.92 Å². The smallest absolute Gasteiger partial charge is 0.316 e. The van der Waals surface area contributed by atoms with Crippen LogP contribution >= 0.6 is 0 Å². The van der Waals surface area contributed by atoms with Crippen molar-refractivity contribution in [1.82, 2.24) is 0 Å². The lowest BCUT2D eigenvalue weighted by Gasteiger charge is -2.26. The number of carbonyl (C=O) groups is 1. The van der Waals surface area contributed by atoms with E-state index >= 15 is 0 Å². The molecule has 0 aliphatic heterocycles. The molecule has 5 nitrogen and oxygen atoms in total.